The van der Waals surface area contributed by atoms with Crippen molar-refractivity contribution in [2.24, 2.45) is 0 Å². The molecule has 1 aromatic heterocycles. The summed E-state index contributed by atoms with van der Waals surface area (Å²) in [4.78, 5) is 15.2. The van der Waals surface area contributed by atoms with Crippen molar-refractivity contribution < 1.29 is 4.79 Å². The Hall–Kier alpha value is -1.20. The van der Waals surface area contributed by atoms with Gasteiger partial charge in [-0.05, 0) is 6.07 Å². The molecule has 1 amide bonds. The van der Waals surface area contributed by atoms with Crippen LogP contribution in [-0.2, 0) is 4.79 Å². The van der Waals surface area contributed by atoms with Crippen molar-refractivity contribution >= 4 is 40.7 Å². The van der Waals surface area contributed by atoms with E-state index in [-0.39, 0.29) is 5.91 Å². The number of rotatable bonds is 5. The van der Waals surface area contributed by atoms with E-state index in [0.717, 1.165) is 0 Å². The highest BCUT2D eigenvalue weighted by Crippen LogP contribution is 2.28. The lowest BCUT2D eigenvalue weighted by Crippen LogP contribution is -2.21. The lowest BCUT2D eigenvalue weighted by Gasteiger charge is -2.10. The maximum absolute atomic E-state index is 11.0. The van der Waals surface area contributed by atoms with Gasteiger partial charge in [0.15, 0.2) is 0 Å². The molecule has 5 nitrogen and oxygen atoms in total. The van der Waals surface area contributed by atoms with E-state index in [0.29, 0.717) is 34.6 Å². The zero-order valence-corrected chi connectivity index (χ0v) is 11.1. The molecule has 7 heteroatoms. The summed E-state index contributed by atoms with van der Waals surface area (Å²) in [5, 5.41) is 9.24. The van der Waals surface area contributed by atoms with Crippen LogP contribution in [0.1, 0.15) is 6.42 Å². The van der Waals surface area contributed by atoms with Gasteiger partial charge in [0.25, 0.3) is 0 Å². The van der Waals surface area contributed by atoms with Gasteiger partial charge in [-0.2, -0.15) is 0 Å². The summed E-state index contributed by atoms with van der Waals surface area (Å²) in [6.07, 6.45) is 0.353. The molecule has 0 bridgehead atoms. The minimum atomic E-state index is -0.0450. The van der Waals surface area contributed by atoms with E-state index in [2.05, 4.69) is 20.9 Å². The summed E-state index contributed by atoms with van der Waals surface area (Å²) in [7, 11) is 3.31. The SMILES string of the molecule is CNC(=O)CCNc1nc(NC)c(Cl)cc1Cl. The minimum absolute atomic E-state index is 0.0450. The molecule has 17 heavy (non-hydrogen) atoms. The van der Waals surface area contributed by atoms with Crippen LogP contribution in [0.4, 0.5) is 11.6 Å². The van der Waals surface area contributed by atoms with Crippen molar-refractivity contribution in [3.8, 4) is 0 Å². The molecule has 0 aliphatic rings. The number of carbonyl (C=O) groups is 1. The smallest absolute Gasteiger partial charge is 0.221 e. The van der Waals surface area contributed by atoms with Crippen molar-refractivity contribution in [1.29, 1.82) is 0 Å². The van der Waals surface area contributed by atoms with Crippen LogP contribution in [0.2, 0.25) is 10.0 Å². The molecule has 0 aliphatic heterocycles. The predicted molar refractivity (Wildman–Crippen MR) is 71.0 cm³/mol. The molecule has 0 saturated heterocycles. The van der Waals surface area contributed by atoms with E-state index in [9.17, 15) is 4.79 Å². The predicted octanol–water partition coefficient (Wildman–Crippen LogP) is 1.98. The number of nitrogens with zero attached hydrogens (tertiary/aromatic N) is 1. The third-order valence-corrected chi connectivity index (χ3v) is 2.67. The van der Waals surface area contributed by atoms with Crippen LogP contribution >= 0.6 is 23.2 Å². The van der Waals surface area contributed by atoms with Crippen LogP contribution in [0.3, 0.4) is 0 Å². The molecule has 1 rings (SSSR count). The number of anilines is 2. The van der Waals surface area contributed by atoms with E-state index in [1.165, 1.54) is 0 Å². The van der Waals surface area contributed by atoms with Crippen LogP contribution in [0.25, 0.3) is 0 Å². The summed E-state index contributed by atoms with van der Waals surface area (Å²) in [6.45, 7) is 0.456. The topological polar surface area (TPSA) is 66.0 Å². The fourth-order valence-electron chi connectivity index (χ4n) is 1.19. The van der Waals surface area contributed by atoms with E-state index >= 15 is 0 Å². The van der Waals surface area contributed by atoms with Gasteiger partial charge in [0.05, 0.1) is 10.0 Å². The number of halogens is 2. The van der Waals surface area contributed by atoms with Crippen molar-refractivity contribution in [2.75, 3.05) is 31.3 Å². The van der Waals surface area contributed by atoms with Gasteiger partial charge in [-0.15, -0.1) is 0 Å². The van der Waals surface area contributed by atoms with Gasteiger partial charge in [0.2, 0.25) is 5.91 Å². The summed E-state index contributed by atoms with van der Waals surface area (Å²) in [6, 6.07) is 1.60. The van der Waals surface area contributed by atoms with Gasteiger partial charge in [0, 0.05) is 27.1 Å². The fraction of sp³-hybridized carbons (Fsp3) is 0.400. The van der Waals surface area contributed by atoms with Gasteiger partial charge in [-0.1, -0.05) is 23.2 Å². The van der Waals surface area contributed by atoms with Gasteiger partial charge >= 0.3 is 0 Å². The van der Waals surface area contributed by atoms with Crippen molar-refractivity contribution in [3.63, 3.8) is 0 Å². The normalized spacial score (nSPS) is 9.88. The number of aromatic nitrogens is 1. The Morgan fingerprint density at radius 1 is 1.29 bits per heavy atom. The van der Waals surface area contributed by atoms with Gasteiger partial charge in [-0.3, -0.25) is 4.79 Å². The van der Waals surface area contributed by atoms with E-state index in [1.807, 2.05) is 0 Å². The zero-order valence-electron chi connectivity index (χ0n) is 9.60. The molecule has 0 radical (unpaired) electrons. The second kappa shape index (κ2) is 6.51. The first-order valence-corrected chi connectivity index (χ1v) is 5.82. The molecular weight excluding hydrogens is 263 g/mol. The minimum Gasteiger partial charge on any atom is -0.372 e. The second-order valence-corrected chi connectivity index (χ2v) is 4.06. The highest BCUT2D eigenvalue weighted by molar-refractivity contribution is 6.37. The highest BCUT2D eigenvalue weighted by atomic mass is 35.5. The highest BCUT2D eigenvalue weighted by Gasteiger charge is 2.08. The third kappa shape index (κ3) is 3.94. The molecule has 0 atom stereocenters. The zero-order chi connectivity index (χ0) is 12.8. The van der Waals surface area contributed by atoms with Crippen LogP contribution in [0.15, 0.2) is 6.07 Å². The molecule has 0 fully saturated rings. The molecule has 3 N–H and O–H groups in total. The van der Waals surface area contributed by atoms with Crippen LogP contribution in [-0.4, -0.2) is 31.5 Å². The largest absolute Gasteiger partial charge is 0.372 e. The average Bonchev–Trinajstić information content (AvgIpc) is 2.31. The summed E-state index contributed by atoms with van der Waals surface area (Å²) < 4.78 is 0. The van der Waals surface area contributed by atoms with Crippen molar-refractivity contribution in [2.45, 2.75) is 6.42 Å². The van der Waals surface area contributed by atoms with E-state index < -0.39 is 0 Å². The standard InChI is InChI=1S/C10H14Cl2N4O/c1-13-8(17)3-4-15-10-7(12)5-6(11)9(14-2)16-10/h5H,3-4H2,1-2H3,(H,13,17)(H2,14,15,16). The average molecular weight is 277 g/mol. The van der Waals surface area contributed by atoms with Crippen molar-refractivity contribution in [3.05, 3.63) is 16.1 Å². The number of nitrogens with one attached hydrogen (secondary N) is 3. The molecule has 0 aromatic carbocycles. The molecule has 0 spiro atoms. The first-order valence-electron chi connectivity index (χ1n) is 5.06. The summed E-state index contributed by atoms with van der Waals surface area (Å²) in [5.41, 5.74) is 0. The molecule has 94 valence electrons. The van der Waals surface area contributed by atoms with Crippen LogP contribution < -0.4 is 16.0 Å². The van der Waals surface area contributed by atoms with Crippen molar-refractivity contribution in [1.82, 2.24) is 10.3 Å². The Morgan fingerprint density at radius 3 is 2.53 bits per heavy atom. The van der Waals surface area contributed by atoms with Gasteiger partial charge < -0.3 is 16.0 Å². The maximum atomic E-state index is 11.0. The maximum Gasteiger partial charge on any atom is 0.221 e. The Kier molecular flexibility index (Phi) is 5.31. The molecule has 0 aliphatic carbocycles. The molecule has 0 unspecified atom stereocenters. The lowest BCUT2D eigenvalue weighted by atomic mass is 10.3. The first-order chi connectivity index (χ1) is 8.08. The molecule has 1 heterocycles. The number of carbonyl (C=O) groups excluding carboxylic acids is 1. The lowest BCUT2D eigenvalue weighted by molar-refractivity contribution is -0.120. The Labute approximate surface area is 110 Å². The van der Waals surface area contributed by atoms with Gasteiger partial charge in [0.1, 0.15) is 11.6 Å². The molecular formula is C10H14Cl2N4O. The first kappa shape index (κ1) is 13.9. The third-order valence-electron chi connectivity index (χ3n) is 2.09. The van der Waals surface area contributed by atoms with E-state index in [1.54, 1.807) is 20.2 Å². The Morgan fingerprint density at radius 2 is 1.94 bits per heavy atom. The number of hydrogen-bond donors (Lipinski definition) is 3. The summed E-state index contributed by atoms with van der Waals surface area (Å²) >= 11 is 11.9. The number of pyridine rings is 1. The number of amides is 1. The van der Waals surface area contributed by atoms with Crippen LogP contribution in [0.5, 0.6) is 0 Å². The monoisotopic (exact) mass is 276 g/mol. The summed E-state index contributed by atoms with van der Waals surface area (Å²) in [5.74, 6) is 0.999. The Balaban J connectivity index is 2.67. The van der Waals surface area contributed by atoms with Crippen LogP contribution in [0, 0.1) is 0 Å². The van der Waals surface area contributed by atoms with Gasteiger partial charge in [-0.25, -0.2) is 4.98 Å². The Bertz CT molecular complexity index is 412. The van der Waals surface area contributed by atoms with E-state index in [4.69, 9.17) is 23.2 Å². The fourth-order valence-corrected chi connectivity index (χ4v) is 1.71. The molecule has 1 aromatic rings. The second-order valence-electron chi connectivity index (χ2n) is 3.25. The molecule has 0 saturated carbocycles. The quantitative estimate of drug-likeness (QED) is 0.770. The number of hydrogen-bond acceptors (Lipinski definition) is 4.